The fourth-order valence-electron chi connectivity index (χ4n) is 2.86. The second-order valence-corrected chi connectivity index (χ2v) is 6.45. The highest BCUT2D eigenvalue weighted by Crippen LogP contribution is 2.37. The van der Waals surface area contributed by atoms with Gasteiger partial charge in [-0.05, 0) is 51.8 Å². The standard InChI is InChI=1S/C16H25NO2/c1-15(2)10-14(16(3,4)19-15)17-11-12-6-8-13(18-5)9-7-12/h6-9,14,17H,10-11H2,1-5H3. The number of hydrogen-bond acceptors (Lipinski definition) is 3. The van der Waals surface area contributed by atoms with Crippen molar-refractivity contribution in [2.45, 2.75) is 57.9 Å². The van der Waals surface area contributed by atoms with Gasteiger partial charge in [0, 0.05) is 12.6 Å². The highest BCUT2D eigenvalue weighted by Gasteiger charge is 2.45. The fraction of sp³-hybridized carbons (Fsp3) is 0.625. The Bertz CT molecular complexity index is 423. The molecule has 2 rings (SSSR count). The van der Waals surface area contributed by atoms with E-state index in [9.17, 15) is 0 Å². The maximum Gasteiger partial charge on any atom is 0.118 e. The third-order valence-corrected chi connectivity index (χ3v) is 3.79. The van der Waals surface area contributed by atoms with Crippen molar-refractivity contribution < 1.29 is 9.47 Å². The normalized spacial score (nSPS) is 24.4. The average Bonchev–Trinajstić information content (AvgIpc) is 2.55. The molecule has 3 heteroatoms. The number of ether oxygens (including phenoxy) is 2. The van der Waals surface area contributed by atoms with E-state index < -0.39 is 0 Å². The van der Waals surface area contributed by atoms with E-state index in [0.717, 1.165) is 18.7 Å². The summed E-state index contributed by atoms with van der Waals surface area (Å²) in [5.74, 6) is 0.898. The average molecular weight is 263 g/mol. The van der Waals surface area contributed by atoms with Gasteiger partial charge in [0.25, 0.3) is 0 Å². The Morgan fingerprint density at radius 1 is 1.21 bits per heavy atom. The summed E-state index contributed by atoms with van der Waals surface area (Å²) in [6.07, 6.45) is 1.04. The Labute approximate surface area is 116 Å². The predicted molar refractivity (Wildman–Crippen MR) is 77.5 cm³/mol. The predicted octanol–water partition coefficient (Wildman–Crippen LogP) is 3.13. The molecule has 1 fully saturated rings. The molecule has 0 spiro atoms. The van der Waals surface area contributed by atoms with Gasteiger partial charge in [-0.1, -0.05) is 12.1 Å². The van der Waals surface area contributed by atoms with Gasteiger partial charge in [0.2, 0.25) is 0 Å². The molecule has 19 heavy (non-hydrogen) atoms. The Balaban J connectivity index is 1.94. The number of rotatable bonds is 4. The molecule has 1 atom stereocenters. The van der Waals surface area contributed by atoms with E-state index in [4.69, 9.17) is 9.47 Å². The summed E-state index contributed by atoms with van der Waals surface area (Å²) in [5, 5.41) is 3.62. The van der Waals surface area contributed by atoms with Crippen LogP contribution in [0.3, 0.4) is 0 Å². The maximum atomic E-state index is 6.09. The SMILES string of the molecule is COc1ccc(CNC2CC(C)(C)OC2(C)C)cc1. The number of methoxy groups -OCH3 is 1. The van der Waals surface area contributed by atoms with Crippen molar-refractivity contribution in [3.05, 3.63) is 29.8 Å². The van der Waals surface area contributed by atoms with E-state index in [1.165, 1.54) is 5.56 Å². The van der Waals surface area contributed by atoms with Crippen molar-refractivity contribution in [1.82, 2.24) is 5.32 Å². The molecule has 0 aliphatic carbocycles. The minimum atomic E-state index is -0.115. The Kier molecular flexibility index (Phi) is 3.88. The molecule has 1 aromatic carbocycles. The zero-order valence-electron chi connectivity index (χ0n) is 12.6. The molecule has 1 N–H and O–H groups in total. The van der Waals surface area contributed by atoms with Crippen LogP contribution in [0.2, 0.25) is 0 Å². The highest BCUT2D eigenvalue weighted by molar-refractivity contribution is 5.27. The first-order valence-electron chi connectivity index (χ1n) is 6.89. The van der Waals surface area contributed by atoms with Crippen molar-refractivity contribution in [3.8, 4) is 5.75 Å². The van der Waals surface area contributed by atoms with Crippen LogP contribution < -0.4 is 10.1 Å². The van der Waals surface area contributed by atoms with Crippen LogP contribution in [0, 0.1) is 0 Å². The first kappa shape index (κ1) is 14.4. The van der Waals surface area contributed by atoms with E-state index in [1.807, 2.05) is 12.1 Å². The zero-order chi connectivity index (χ0) is 14.1. The van der Waals surface area contributed by atoms with Crippen molar-refractivity contribution in [2.75, 3.05) is 7.11 Å². The smallest absolute Gasteiger partial charge is 0.118 e. The van der Waals surface area contributed by atoms with Crippen LogP contribution in [0.15, 0.2) is 24.3 Å². The van der Waals surface area contributed by atoms with Gasteiger partial charge < -0.3 is 14.8 Å². The van der Waals surface area contributed by atoms with Gasteiger partial charge in [-0.25, -0.2) is 0 Å². The Hall–Kier alpha value is -1.06. The van der Waals surface area contributed by atoms with Gasteiger partial charge >= 0.3 is 0 Å². The van der Waals surface area contributed by atoms with E-state index in [-0.39, 0.29) is 11.2 Å². The summed E-state index contributed by atoms with van der Waals surface area (Å²) < 4.78 is 11.3. The minimum Gasteiger partial charge on any atom is -0.497 e. The first-order chi connectivity index (χ1) is 8.82. The van der Waals surface area contributed by atoms with Gasteiger partial charge in [-0.2, -0.15) is 0 Å². The monoisotopic (exact) mass is 263 g/mol. The molecule has 1 aliphatic rings. The fourth-order valence-corrected chi connectivity index (χ4v) is 2.86. The molecular formula is C16H25NO2. The summed E-state index contributed by atoms with van der Waals surface area (Å²) in [6, 6.07) is 8.57. The number of benzene rings is 1. The molecule has 0 radical (unpaired) electrons. The Morgan fingerprint density at radius 2 is 1.84 bits per heavy atom. The lowest BCUT2D eigenvalue weighted by Gasteiger charge is -2.28. The van der Waals surface area contributed by atoms with Gasteiger partial charge in [-0.15, -0.1) is 0 Å². The van der Waals surface area contributed by atoms with Gasteiger partial charge in [0.1, 0.15) is 5.75 Å². The Morgan fingerprint density at radius 3 is 2.32 bits per heavy atom. The molecule has 106 valence electrons. The van der Waals surface area contributed by atoms with Crippen molar-refractivity contribution >= 4 is 0 Å². The van der Waals surface area contributed by atoms with Crippen LogP contribution in [0.4, 0.5) is 0 Å². The highest BCUT2D eigenvalue weighted by atomic mass is 16.5. The van der Waals surface area contributed by atoms with Gasteiger partial charge in [0.15, 0.2) is 0 Å². The van der Waals surface area contributed by atoms with Gasteiger partial charge in [-0.3, -0.25) is 0 Å². The van der Waals surface area contributed by atoms with Crippen LogP contribution in [0.5, 0.6) is 5.75 Å². The van der Waals surface area contributed by atoms with Gasteiger partial charge in [0.05, 0.1) is 18.3 Å². The topological polar surface area (TPSA) is 30.5 Å². The van der Waals surface area contributed by atoms with Crippen LogP contribution >= 0.6 is 0 Å². The molecule has 0 amide bonds. The molecule has 1 aliphatic heterocycles. The lowest BCUT2D eigenvalue weighted by Crippen LogP contribution is -2.42. The van der Waals surface area contributed by atoms with Crippen molar-refractivity contribution in [2.24, 2.45) is 0 Å². The lowest BCUT2D eigenvalue weighted by molar-refractivity contribution is -0.0699. The quantitative estimate of drug-likeness (QED) is 0.905. The second-order valence-electron chi connectivity index (χ2n) is 6.45. The summed E-state index contributed by atoms with van der Waals surface area (Å²) in [6.45, 7) is 9.49. The van der Waals surface area contributed by atoms with Crippen molar-refractivity contribution in [3.63, 3.8) is 0 Å². The van der Waals surface area contributed by atoms with E-state index in [1.54, 1.807) is 7.11 Å². The van der Waals surface area contributed by atoms with Crippen LogP contribution in [0.1, 0.15) is 39.7 Å². The first-order valence-corrected chi connectivity index (χ1v) is 6.89. The molecule has 1 heterocycles. The molecule has 1 saturated heterocycles. The zero-order valence-corrected chi connectivity index (χ0v) is 12.6. The molecular weight excluding hydrogens is 238 g/mol. The number of hydrogen-bond donors (Lipinski definition) is 1. The molecule has 3 nitrogen and oxygen atoms in total. The third-order valence-electron chi connectivity index (χ3n) is 3.79. The van der Waals surface area contributed by atoms with Crippen LogP contribution in [-0.2, 0) is 11.3 Å². The summed E-state index contributed by atoms with van der Waals surface area (Å²) >= 11 is 0. The molecule has 1 aromatic rings. The van der Waals surface area contributed by atoms with Crippen molar-refractivity contribution in [1.29, 1.82) is 0 Å². The lowest BCUT2D eigenvalue weighted by atomic mass is 9.94. The largest absolute Gasteiger partial charge is 0.497 e. The van der Waals surface area contributed by atoms with Crippen LogP contribution in [-0.4, -0.2) is 24.4 Å². The summed E-state index contributed by atoms with van der Waals surface area (Å²) in [7, 11) is 1.69. The van der Waals surface area contributed by atoms with E-state index in [0.29, 0.717) is 6.04 Å². The molecule has 0 aromatic heterocycles. The van der Waals surface area contributed by atoms with E-state index >= 15 is 0 Å². The summed E-state index contributed by atoms with van der Waals surface area (Å²) in [4.78, 5) is 0. The molecule has 1 unspecified atom stereocenters. The minimum absolute atomic E-state index is 0.0406. The van der Waals surface area contributed by atoms with Crippen LogP contribution in [0.25, 0.3) is 0 Å². The molecule has 0 saturated carbocycles. The summed E-state index contributed by atoms with van der Waals surface area (Å²) in [5.41, 5.74) is 1.11. The third kappa shape index (κ3) is 3.48. The maximum absolute atomic E-state index is 6.09. The molecule has 0 bridgehead atoms. The number of nitrogens with one attached hydrogen (secondary N) is 1. The van der Waals surface area contributed by atoms with E-state index in [2.05, 4.69) is 45.1 Å². The second kappa shape index (κ2) is 5.14.